The van der Waals surface area contributed by atoms with Crippen molar-refractivity contribution in [2.75, 3.05) is 5.32 Å². The van der Waals surface area contributed by atoms with Crippen molar-refractivity contribution in [3.8, 4) is 0 Å². The fourth-order valence-corrected chi connectivity index (χ4v) is 1.64. The molecule has 0 spiro atoms. The minimum atomic E-state index is -0.619. The Kier molecular flexibility index (Phi) is 4.62. The summed E-state index contributed by atoms with van der Waals surface area (Å²) < 4.78 is 4.88. The van der Waals surface area contributed by atoms with Gasteiger partial charge < -0.3 is 15.5 Å². The van der Waals surface area contributed by atoms with Gasteiger partial charge in [-0.15, -0.1) is 12.4 Å². The minimum Gasteiger partial charge on any atom is -0.408 e. The Bertz CT molecular complexity index is 669. The van der Waals surface area contributed by atoms with Gasteiger partial charge in [-0.25, -0.2) is 4.79 Å². The van der Waals surface area contributed by atoms with Crippen LogP contribution in [0.25, 0.3) is 11.1 Å². The molecule has 4 N–H and O–H groups in total. The van der Waals surface area contributed by atoms with E-state index in [0.717, 1.165) is 0 Å². The molecule has 0 aliphatic carbocycles. The largest absolute Gasteiger partial charge is 0.417 e. The second-order valence-electron chi connectivity index (χ2n) is 5.56. The number of hydrogen-bond donors (Lipinski definition) is 3. The van der Waals surface area contributed by atoms with Crippen molar-refractivity contribution < 1.29 is 9.21 Å². The van der Waals surface area contributed by atoms with E-state index in [-0.39, 0.29) is 23.7 Å². The van der Waals surface area contributed by atoms with Crippen LogP contribution < -0.4 is 16.8 Å². The first-order chi connectivity index (χ1) is 8.77. The Balaban J connectivity index is 0.00000200. The molecule has 20 heavy (non-hydrogen) atoms. The predicted octanol–water partition coefficient (Wildman–Crippen LogP) is 1.85. The molecular weight excluding hydrogens is 282 g/mol. The third-order valence-electron chi connectivity index (χ3n) is 2.90. The van der Waals surface area contributed by atoms with Crippen LogP contribution in [-0.4, -0.2) is 16.9 Å². The van der Waals surface area contributed by atoms with Crippen molar-refractivity contribution in [2.45, 2.75) is 26.8 Å². The van der Waals surface area contributed by atoms with Crippen LogP contribution in [0.2, 0.25) is 0 Å². The average Bonchev–Trinajstić information content (AvgIpc) is 2.66. The molecule has 2 aromatic rings. The molecule has 6 nitrogen and oxygen atoms in total. The Morgan fingerprint density at radius 3 is 2.65 bits per heavy atom. The van der Waals surface area contributed by atoms with Crippen LogP contribution in [0.3, 0.4) is 0 Å². The zero-order chi connectivity index (χ0) is 14.2. The number of benzene rings is 1. The first-order valence-electron chi connectivity index (χ1n) is 5.97. The standard InChI is InChI=1S/C13H17N3O3.ClH/c1-13(2,3)10(14)11(17)15-7-4-5-9-8(6-7)16-12(18)19-9;/h4-6,10H,14H2,1-3H3,(H,15,17)(H,16,18);1H/t10-;/m1./s1. The van der Waals surface area contributed by atoms with Gasteiger partial charge in [-0.2, -0.15) is 0 Å². The van der Waals surface area contributed by atoms with E-state index in [0.29, 0.717) is 16.8 Å². The van der Waals surface area contributed by atoms with Gasteiger partial charge in [0.25, 0.3) is 0 Å². The zero-order valence-electron chi connectivity index (χ0n) is 11.5. The molecule has 7 heteroatoms. The van der Waals surface area contributed by atoms with Gasteiger partial charge in [0.1, 0.15) is 0 Å². The highest BCUT2D eigenvalue weighted by molar-refractivity contribution is 5.96. The van der Waals surface area contributed by atoms with E-state index in [2.05, 4.69) is 10.3 Å². The molecule has 0 radical (unpaired) electrons. The molecule has 1 aromatic heterocycles. The number of amides is 1. The third-order valence-corrected chi connectivity index (χ3v) is 2.90. The molecule has 1 aromatic carbocycles. The van der Waals surface area contributed by atoms with E-state index in [9.17, 15) is 9.59 Å². The maximum absolute atomic E-state index is 12.0. The lowest BCUT2D eigenvalue weighted by Gasteiger charge is -2.25. The fraction of sp³-hybridized carbons (Fsp3) is 0.385. The molecule has 0 unspecified atom stereocenters. The number of rotatable bonds is 2. The number of nitrogens with one attached hydrogen (secondary N) is 2. The smallest absolute Gasteiger partial charge is 0.408 e. The highest BCUT2D eigenvalue weighted by Gasteiger charge is 2.27. The minimum absolute atomic E-state index is 0. The van der Waals surface area contributed by atoms with E-state index in [1.807, 2.05) is 20.8 Å². The first kappa shape index (κ1) is 16.3. The summed E-state index contributed by atoms with van der Waals surface area (Å²) in [5.74, 6) is -0.789. The number of nitrogens with two attached hydrogens (primary N) is 1. The number of carbonyl (C=O) groups is 1. The molecule has 0 bridgehead atoms. The SMILES string of the molecule is CC(C)(C)[C@H](N)C(=O)Nc1ccc2oc(=O)[nH]c2c1.Cl. The molecule has 1 amide bonds. The maximum Gasteiger partial charge on any atom is 0.417 e. The number of fused-ring (bicyclic) bond motifs is 1. The third kappa shape index (κ3) is 3.40. The normalized spacial score (nSPS) is 12.8. The van der Waals surface area contributed by atoms with Crippen LogP contribution in [0.5, 0.6) is 0 Å². The Morgan fingerprint density at radius 2 is 2.05 bits per heavy atom. The van der Waals surface area contributed by atoms with Gasteiger partial charge in [-0.3, -0.25) is 9.78 Å². The molecule has 0 saturated carbocycles. The lowest BCUT2D eigenvalue weighted by molar-refractivity contribution is -0.119. The predicted molar refractivity (Wildman–Crippen MR) is 80.1 cm³/mol. The summed E-state index contributed by atoms with van der Waals surface area (Å²) in [5, 5.41) is 2.72. The molecule has 1 heterocycles. The number of anilines is 1. The fourth-order valence-electron chi connectivity index (χ4n) is 1.64. The number of aromatic amines is 1. The van der Waals surface area contributed by atoms with E-state index in [4.69, 9.17) is 10.2 Å². The lowest BCUT2D eigenvalue weighted by Crippen LogP contribution is -2.45. The van der Waals surface area contributed by atoms with Crippen LogP contribution in [0.15, 0.2) is 27.4 Å². The zero-order valence-corrected chi connectivity index (χ0v) is 12.3. The van der Waals surface area contributed by atoms with Crippen molar-refractivity contribution in [1.82, 2.24) is 4.98 Å². The summed E-state index contributed by atoms with van der Waals surface area (Å²) in [6.07, 6.45) is 0. The highest BCUT2D eigenvalue weighted by atomic mass is 35.5. The highest BCUT2D eigenvalue weighted by Crippen LogP contribution is 2.20. The second-order valence-corrected chi connectivity index (χ2v) is 5.56. The van der Waals surface area contributed by atoms with E-state index in [1.54, 1.807) is 18.2 Å². The van der Waals surface area contributed by atoms with Crippen LogP contribution in [-0.2, 0) is 4.79 Å². The summed E-state index contributed by atoms with van der Waals surface area (Å²) >= 11 is 0. The average molecular weight is 300 g/mol. The molecule has 0 aliphatic rings. The summed E-state index contributed by atoms with van der Waals surface area (Å²) in [6.45, 7) is 5.69. The first-order valence-corrected chi connectivity index (χ1v) is 5.97. The Hall–Kier alpha value is -1.79. The van der Waals surface area contributed by atoms with Crippen molar-refractivity contribution in [2.24, 2.45) is 11.1 Å². The molecule has 110 valence electrons. The quantitative estimate of drug-likeness (QED) is 0.787. The van der Waals surface area contributed by atoms with Crippen LogP contribution in [0.4, 0.5) is 5.69 Å². The van der Waals surface area contributed by atoms with Gasteiger partial charge in [-0.1, -0.05) is 20.8 Å². The van der Waals surface area contributed by atoms with E-state index < -0.39 is 11.8 Å². The Labute approximate surface area is 122 Å². The van der Waals surface area contributed by atoms with Crippen molar-refractivity contribution in [3.05, 3.63) is 28.7 Å². The van der Waals surface area contributed by atoms with Gasteiger partial charge in [0.05, 0.1) is 11.6 Å². The number of H-pyrrole nitrogens is 1. The van der Waals surface area contributed by atoms with Gasteiger partial charge >= 0.3 is 5.76 Å². The van der Waals surface area contributed by atoms with Crippen molar-refractivity contribution in [3.63, 3.8) is 0 Å². The van der Waals surface area contributed by atoms with Crippen LogP contribution >= 0.6 is 12.4 Å². The van der Waals surface area contributed by atoms with Gasteiger partial charge in [0, 0.05) is 5.69 Å². The topological polar surface area (TPSA) is 101 Å². The monoisotopic (exact) mass is 299 g/mol. The van der Waals surface area contributed by atoms with Crippen molar-refractivity contribution in [1.29, 1.82) is 0 Å². The number of aromatic nitrogens is 1. The van der Waals surface area contributed by atoms with E-state index >= 15 is 0 Å². The molecular formula is C13H18ClN3O3. The molecule has 1 atom stereocenters. The van der Waals surface area contributed by atoms with Crippen LogP contribution in [0.1, 0.15) is 20.8 Å². The van der Waals surface area contributed by atoms with Gasteiger partial charge in [0.15, 0.2) is 5.58 Å². The maximum atomic E-state index is 12.0. The summed E-state index contributed by atoms with van der Waals surface area (Å²) in [7, 11) is 0. The van der Waals surface area contributed by atoms with Crippen molar-refractivity contribution >= 4 is 35.1 Å². The summed E-state index contributed by atoms with van der Waals surface area (Å²) in [4.78, 5) is 25.5. The number of carbonyl (C=O) groups excluding carboxylic acids is 1. The van der Waals surface area contributed by atoms with Gasteiger partial charge in [0.2, 0.25) is 5.91 Å². The van der Waals surface area contributed by atoms with Crippen LogP contribution in [0, 0.1) is 5.41 Å². The molecule has 0 fully saturated rings. The summed E-state index contributed by atoms with van der Waals surface area (Å²) in [6, 6.07) is 4.29. The number of hydrogen-bond acceptors (Lipinski definition) is 4. The van der Waals surface area contributed by atoms with Gasteiger partial charge in [-0.05, 0) is 23.6 Å². The Morgan fingerprint density at radius 1 is 1.40 bits per heavy atom. The lowest BCUT2D eigenvalue weighted by atomic mass is 9.87. The molecule has 2 rings (SSSR count). The summed E-state index contributed by atoms with van der Waals surface area (Å²) in [5.41, 5.74) is 7.10. The molecule has 0 saturated heterocycles. The number of halogens is 1. The molecule has 0 aliphatic heterocycles. The van der Waals surface area contributed by atoms with E-state index in [1.165, 1.54) is 0 Å². The number of oxazole rings is 1. The second kappa shape index (κ2) is 5.68.